The fourth-order valence-electron chi connectivity index (χ4n) is 3.47. The Hall–Kier alpha value is -4.13. The molecule has 7 heteroatoms. The van der Waals surface area contributed by atoms with Crippen LogP contribution in [0.2, 0.25) is 0 Å². The third-order valence-corrected chi connectivity index (χ3v) is 4.96. The summed E-state index contributed by atoms with van der Waals surface area (Å²) in [5.74, 6) is -0.338. The van der Waals surface area contributed by atoms with Gasteiger partial charge in [-0.2, -0.15) is 0 Å². The van der Waals surface area contributed by atoms with Crippen molar-refractivity contribution in [2.45, 2.75) is 6.92 Å². The predicted octanol–water partition coefficient (Wildman–Crippen LogP) is 4.63. The lowest BCUT2D eigenvalue weighted by molar-refractivity contribution is -0.120. The molecule has 0 unspecified atom stereocenters. The number of carbonyl (C=O) groups is 2. The summed E-state index contributed by atoms with van der Waals surface area (Å²) in [7, 11) is 1.56. The fourth-order valence-corrected chi connectivity index (χ4v) is 3.47. The Morgan fingerprint density at radius 2 is 1.59 bits per heavy atom. The second kappa shape index (κ2) is 8.93. The first kappa shape index (κ1) is 21.1. The summed E-state index contributed by atoms with van der Waals surface area (Å²) in [5, 5.41) is 3.06. The first-order chi connectivity index (χ1) is 15.5. The Kier molecular flexibility index (Phi) is 5.89. The van der Waals surface area contributed by atoms with E-state index in [-0.39, 0.29) is 17.0 Å². The van der Waals surface area contributed by atoms with Gasteiger partial charge in [-0.1, -0.05) is 18.2 Å². The number of ether oxygens (including phenoxy) is 2. The molecule has 3 aromatic rings. The van der Waals surface area contributed by atoms with Crippen LogP contribution in [0.4, 0.5) is 15.8 Å². The molecule has 162 valence electrons. The summed E-state index contributed by atoms with van der Waals surface area (Å²) in [6, 6.07) is 19.3. The molecule has 0 aromatic heterocycles. The molecule has 0 spiro atoms. The number of rotatable bonds is 7. The van der Waals surface area contributed by atoms with E-state index in [1.54, 1.807) is 55.6 Å². The van der Waals surface area contributed by atoms with Crippen LogP contribution in [0.5, 0.6) is 11.5 Å². The van der Waals surface area contributed by atoms with Crippen molar-refractivity contribution in [3.05, 3.63) is 89.9 Å². The van der Waals surface area contributed by atoms with Crippen molar-refractivity contribution in [1.82, 2.24) is 0 Å². The van der Waals surface area contributed by atoms with E-state index in [0.717, 1.165) is 11.0 Å². The number of hydrogen-bond acceptors (Lipinski definition) is 5. The van der Waals surface area contributed by atoms with Gasteiger partial charge in [0.2, 0.25) is 0 Å². The Labute approximate surface area is 184 Å². The molecule has 0 atom stereocenters. The minimum Gasteiger partial charge on any atom is -0.497 e. The average molecular weight is 432 g/mol. The van der Waals surface area contributed by atoms with Crippen LogP contribution in [0.1, 0.15) is 12.5 Å². The number of benzene rings is 3. The van der Waals surface area contributed by atoms with E-state index in [4.69, 9.17) is 9.47 Å². The van der Waals surface area contributed by atoms with Crippen molar-refractivity contribution in [3.63, 3.8) is 0 Å². The molecule has 3 aromatic carbocycles. The van der Waals surface area contributed by atoms with Gasteiger partial charge in [-0.25, -0.2) is 9.29 Å². The zero-order chi connectivity index (χ0) is 22.7. The van der Waals surface area contributed by atoms with Crippen molar-refractivity contribution < 1.29 is 23.5 Å². The fraction of sp³-hybridized carbons (Fsp3) is 0.120. The Bertz CT molecular complexity index is 1190. The monoisotopic (exact) mass is 432 g/mol. The molecule has 32 heavy (non-hydrogen) atoms. The summed E-state index contributed by atoms with van der Waals surface area (Å²) < 4.78 is 24.5. The summed E-state index contributed by atoms with van der Waals surface area (Å²) in [6.07, 6.45) is 0. The van der Waals surface area contributed by atoms with Crippen molar-refractivity contribution in [2.75, 3.05) is 23.9 Å². The molecule has 4 rings (SSSR count). The molecule has 0 fully saturated rings. The van der Waals surface area contributed by atoms with Gasteiger partial charge in [0.1, 0.15) is 23.0 Å². The first-order valence-corrected chi connectivity index (χ1v) is 10.0. The third kappa shape index (κ3) is 4.05. The first-order valence-electron chi connectivity index (χ1n) is 10.0. The minimum atomic E-state index is -0.569. The molecule has 0 saturated heterocycles. The highest BCUT2D eigenvalue weighted by molar-refractivity contribution is 6.46. The molecule has 0 radical (unpaired) electrons. The van der Waals surface area contributed by atoms with E-state index in [1.807, 2.05) is 6.92 Å². The van der Waals surface area contributed by atoms with Crippen molar-refractivity contribution in [1.29, 1.82) is 0 Å². The number of amides is 2. The zero-order valence-corrected chi connectivity index (χ0v) is 17.6. The third-order valence-electron chi connectivity index (χ3n) is 4.96. The summed E-state index contributed by atoms with van der Waals surface area (Å²) in [6.45, 7) is 2.39. The lowest BCUT2D eigenvalue weighted by atomic mass is 10.0. The van der Waals surface area contributed by atoms with Gasteiger partial charge in [0.05, 0.1) is 25.0 Å². The lowest BCUT2D eigenvalue weighted by Gasteiger charge is -2.15. The van der Waals surface area contributed by atoms with Gasteiger partial charge in [-0.3, -0.25) is 9.59 Å². The number of anilines is 2. The van der Waals surface area contributed by atoms with Gasteiger partial charge in [-0.05, 0) is 67.1 Å². The lowest BCUT2D eigenvalue weighted by Crippen LogP contribution is -2.32. The predicted molar refractivity (Wildman–Crippen MR) is 120 cm³/mol. The number of nitrogens with one attached hydrogen (secondary N) is 1. The maximum atomic E-state index is 13.8. The number of halogens is 1. The minimum absolute atomic E-state index is 0.105. The number of imide groups is 1. The standard InChI is InChI=1S/C25H21FN2O4/c1-3-32-21-11-7-16(8-12-21)22-23(27-18-9-13-20(31-2)14-10-18)25(30)28(24(22)29)19-6-4-5-17(26)15-19/h4-15,27H,3H2,1-2H3. The van der Waals surface area contributed by atoms with E-state index < -0.39 is 17.6 Å². The zero-order valence-electron chi connectivity index (χ0n) is 17.6. The SMILES string of the molecule is CCOc1ccc(C2=C(Nc3ccc(OC)cc3)C(=O)N(c3cccc(F)c3)C2=O)cc1. The number of hydrogen-bond donors (Lipinski definition) is 1. The summed E-state index contributed by atoms with van der Waals surface area (Å²) >= 11 is 0. The molecule has 1 aliphatic heterocycles. The molecule has 2 amide bonds. The van der Waals surface area contributed by atoms with Gasteiger partial charge in [0.15, 0.2) is 0 Å². The molecule has 1 N–H and O–H groups in total. The maximum absolute atomic E-state index is 13.8. The van der Waals surface area contributed by atoms with Crippen LogP contribution in [-0.4, -0.2) is 25.5 Å². The van der Waals surface area contributed by atoms with Crippen LogP contribution in [0.15, 0.2) is 78.5 Å². The van der Waals surface area contributed by atoms with E-state index in [9.17, 15) is 14.0 Å². The van der Waals surface area contributed by atoms with Gasteiger partial charge in [0, 0.05) is 5.69 Å². The molecule has 0 bridgehead atoms. The highest BCUT2D eigenvalue weighted by atomic mass is 19.1. The van der Waals surface area contributed by atoms with Crippen LogP contribution >= 0.6 is 0 Å². The molecular formula is C25H21FN2O4. The van der Waals surface area contributed by atoms with E-state index in [1.165, 1.54) is 18.2 Å². The second-order valence-electron chi connectivity index (χ2n) is 6.99. The van der Waals surface area contributed by atoms with Gasteiger partial charge < -0.3 is 14.8 Å². The van der Waals surface area contributed by atoms with Crippen molar-refractivity contribution in [3.8, 4) is 11.5 Å². The van der Waals surface area contributed by atoms with E-state index >= 15 is 0 Å². The van der Waals surface area contributed by atoms with Crippen LogP contribution < -0.4 is 19.7 Å². The number of carbonyl (C=O) groups excluding carboxylic acids is 2. The largest absolute Gasteiger partial charge is 0.497 e. The maximum Gasteiger partial charge on any atom is 0.282 e. The second-order valence-corrected chi connectivity index (χ2v) is 6.99. The van der Waals surface area contributed by atoms with Gasteiger partial charge in [-0.15, -0.1) is 0 Å². The van der Waals surface area contributed by atoms with Crippen LogP contribution in [0.25, 0.3) is 5.57 Å². The quantitative estimate of drug-likeness (QED) is 0.552. The normalized spacial score (nSPS) is 13.5. The molecule has 6 nitrogen and oxygen atoms in total. The van der Waals surface area contributed by atoms with Crippen molar-refractivity contribution in [2.24, 2.45) is 0 Å². The molecular weight excluding hydrogens is 411 g/mol. The van der Waals surface area contributed by atoms with Crippen molar-refractivity contribution >= 4 is 28.8 Å². The topological polar surface area (TPSA) is 67.9 Å². The van der Waals surface area contributed by atoms with Gasteiger partial charge >= 0.3 is 0 Å². The molecule has 0 aliphatic carbocycles. The van der Waals surface area contributed by atoms with Crippen LogP contribution in [0.3, 0.4) is 0 Å². The van der Waals surface area contributed by atoms with Gasteiger partial charge in [0.25, 0.3) is 11.8 Å². The number of methoxy groups -OCH3 is 1. The Morgan fingerprint density at radius 1 is 0.906 bits per heavy atom. The van der Waals surface area contributed by atoms with Crippen LogP contribution in [-0.2, 0) is 9.59 Å². The molecule has 1 heterocycles. The smallest absolute Gasteiger partial charge is 0.282 e. The highest BCUT2D eigenvalue weighted by Crippen LogP contribution is 2.34. The van der Waals surface area contributed by atoms with E-state index in [0.29, 0.717) is 29.4 Å². The summed E-state index contributed by atoms with van der Waals surface area (Å²) in [5.41, 5.74) is 1.61. The highest BCUT2D eigenvalue weighted by Gasteiger charge is 2.40. The molecule has 1 aliphatic rings. The number of nitrogens with zero attached hydrogens (tertiary/aromatic N) is 1. The van der Waals surface area contributed by atoms with Crippen LogP contribution in [0, 0.1) is 5.82 Å². The average Bonchev–Trinajstić information content (AvgIpc) is 3.04. The Balaban J connectivity index is 1.77. The molecule has 0 saturated carbocycles. The Morgan fingerprint density at radius 3 is 2.22 bits per heavy atom. The van der Waals surface area contributed by atoms with E-state index in [2.05, 4.69) is 5.32 Å². The summed E-state index contributed by atoms with van der Waals surface area (Å²) in [4.78, 5) is 27.7.